The van der Waals surface area contributed by atoms with Crippen molar-refractivity contribution in [2.45, 2.75) is 6.92 Å². The zero-order valence-corrected chi connectivity index (χ0v) is 13.9. The summed E-state index contributed by atoms with van der Waals surface area (Å²) in [5.74, 6) is 0.0360. The number of rotatable bonds is 5. The van der Waals surface area contributed by atoms with E-state index in [0.29, 0.717) is 16.9 Å². The number of para-hydroxylation sites is 2. The van der Waals surface area contributed by atoms with Crippen molar-refractivity contribution < 1.29 is 9.90 Å². The van der Waals surface area contributed by atoms with E-state index in [-0.39, 0.29) is 11.5 Å². The van der Waals surface area contributed by atoms with Gasteiger partial charge in [0.15, 0.2) is 5.78 Å². The van der Waals surface area contributed by atoms with Crippen molar-refractivity contribution in [1.82, 2.24) is 0 Å². The third-order valence-electron chi connectivity index (χ3n) is 3.87. The highest BCUT2D eigenvalue weighted by Gasteiger charge is 2.09. The number of anilines is 1. The van der Waals surface area contributed by atoms with Crippen LogP contribution in [0.2, 0.25) is 0 Å². The number of nitrogens with one attached hydrogen (secondary N) is 1. The predicted molar refractivity (Wildman–Crippen MR) is 102 cm³/mol. The fourth-order valence-electron chi connectivity index (χ4n) is 2.47. The quantitative estimate of drug-likeness (QED) is 0.392. The molecular weight excluding hydrogens is 310 g/mol. The number of benzene rings is 3. The zero-order chi connectivity index (χ0) is 17.6. The van der Waals surface area contributed by atoms with Gasteiger partial charge in [0.2, 0.25) is 0 Å². The van der Waals surface area contributed by atoms with Gasteiger partial charge < -0.3 is 10.4 Å². The standard InChI is InChI=1S/C22H19NO2/c1-16-11-13-18(14-12-16)22(25)15-20(17-7-3-2-4-8-17)23-19-9-5-6-10-21(19)24/h2-15,23-24H,1H3/b20-15-. The summed E-state index contributed by atoms with van der Waals surface area (Å²) in [5.41, 5.74) is 3.78. The average Bonchev–Trinajstić information content (AvgIpc) is 2.64. The zero-order valence-electron chi connectivity index (χ0n) is 13.9. The van der Waals surface area contributed by atoms with Crippen LogP contribution in [0.15, 0.2) is 84.9 Å². The summed E-state index contributed by atoms with van der Waals surface area (Å²) < 4.78 is 0. The largest absolute Gasteiger partial charge is 0.506 e. The molecule has 0 atom stereocenters. The van der Waals surface area contributed by atoms with Crippen LogP contribution in [0.4, 0.5) is 5.69 Å². The number of phenols is 1. The topological polar surface area (TPSA) is 49.3 Å². The number of hydrogen-bond donors (Lipinski definition) is 2. The molecule has 3 aromatic rings. The molecule has 3 rings (SSSR count). The minimum absolute atomic E-state index is 0.0956. The molecule has 3 nitrogen and oxygen atoms in total. The van der Waals surface area contributed by atoms with E-state index < -0.39 is 0 Å². The number of aryl methyl sites for hydroxylation is 1. The van der Waals surface area contributed by atoms with Crippen molar-refractivity contribution in [3.05, 3.63) is 102 Å². The first kappa shape index (κ1) is 16.5. The Morgan fingerprint density at radius 1 is 0.840 bits per heavy atom. The van der Waals surface area contributed by atoms with E-state index in [9.17, 15) is 9.90 Å². The Labute approximate surface area is 147 Å². The normalized spacial score (nSPS) is 11.2. The summed E-state index contributed by atoms with van der Waals surface area (Å²) in [5, 5.41) is 13.2. The first-order valence-corrected chi connectivity index (χ1v) is 8.06. The Morgan fingerprint density at radius 3 is 2.16 bits per heavy atom. The Bertz CT molecular complexity index is 897. The van der Waals surface area contributed by atoms with Gasteiger partial charge in [0.05, 0.1) is 5.69 Å². The summed E-state index contributed by atoms with van der Waals surface area (Å²) in [4.78, 5) is 12.6. The molecular formula is C22H19NO2. The molecule has 3 aromatic carbocycles. The van der Waals surface area contributed by atoms with E-state index in [1.165, 1.54) is 0 Å². The molecule has 0 saturated carbocycles. The molecule has 0 heterocycles. The van der Waals surface area contributed by atoms with E-state index in [1.54, 1.807) is 24.3 Å². The van der Waals surface area contributed by atoms with Crippen LogP contribution in [-0.2, 0) is 0 Å². The lowest BCUT2D eigenvalue weighted by Gasteiger charge is -2.13. The highest BCUT2D eigenvalue weighted by molar-refractivity contribution is 6.09. The van der Waals surface area contributed by atoms with Crippen LogP contribution in [0.5, 0.6) is 5.75 Å². The smallest absolute Gasteiger partial charge is 0.187 e. The molecule has 3 heteroatoms. The van der Waals surface area contributed by atoms with Gasteiger partial charge in [-0.2, -0.15) is 0 Å². The summed E-state index contributed by atoms with van der Waals surface area (Å²) >= 11 is 0. The second kappa shape index (κ2) is 7.49. The second-order valence-electron chi connectivity index (χ2n) is 5.80. The number of carbonyl (C=O) groups excluding carboxylic acids is 1. The van der Waals surface area contributed by atoms with Gasteiger partial charge in [-0.05, 0) is 24.6 Å². The van der Waals surface area contributed by atoms with Gasteiger partial charge in [0, 0.05) is 17.3 Å². The number of ketones is 1. The fraction of sp³-hybridized carbons (Fsp3) is 0.0455. The third kappa shape index (κ3) is 4.15. The SMILES string of the molecule is Cc1ccc(C(=O)/C=C(\Nc2ccccc2O)c2ccccc2)cc1. The van der Waals surface area contributed by atoms with Gasteiger partial charge in [-0.1, -0.05) is 72.3 Å². The number of aromatic hydroxyl groups is 1. The van der Waals surface area contributed by atoms with E-state index in [2.05, 4.69) is 5.32 Å². The summed E-state index contributed by atoms with van der Waals surface area (Å²) in [7, 11) is 0. The van der Waals surface area contributed by atoms with E-state index >= 15 is 0 Å². The highest BCUT2D eigenvalue weighted by atomic mass is 16.3. The molecule has 0 bridgehead atoms. The summed E-state index contributed by atoms with van der Waals surface area (Å²) in [6.45, 7) is 1.99. The molecule has 2 N–H and O–H groups in total. The van der Waals surface area contributed by atoms with E-state index in [0.717, 1.165) is 11.1 Å². The minimum atomic E-state index is -0.0956. The van der Waals surface area contributed by atoms with Crippen LogP contribution in [0.3, 0.4) is 0 Å². The summed E-state index contributed by atoms with van der Waals surface area (Å²) in [6.07, 6.45) is 1.56. The molecule has 0 spiro atoms. The Balaban J connectivity index is 1.97. The van der Waals surface area contributed by atoms with Crippen molar-refractivity contribution >= 4 is 17.2 Å². The van der Waals surface area contributed by atoms with Crippen LogP contribution in [0.1, 0.15) is 21.5 Å². The molecule has 124 valence electrons. The van der Waals surface area contributed by atoms with Crippen molar-refractivity contribution in [3.8, 4) is 5.75 Å². The van der Waals surface area contributed by atoms with Gasteiger partial charge in [-0.3, -0.25) is 4.79 Å². The van der Waals surface area contributed by atoms with Crippen LogP contribution in [0, 0.1) is 6.92 Å². The molecule has 0 aliphatic heterocycles. The van der Waals surface area contributed by atoms with Crippen LogP contribution < -0.4 is 5.32 Å². The van der Waals surface area contributed by atoms with Gasteiger partial charge in [0.1, 0.15) is 5.75 Å². The first-order chi connectivity index (χ1) is 12.1. The fourth-order valence-corrected chi connectivity index (χ4v) is 2.47. The molecule has 25 heavy (non-hydrogen) atoms. The molecule has 0 saturated heterocycles. The molecule has 0 unspecified atom stereocenters. The third-order valence-corrected chi connectivity index (χ3v) is 3.87. The number of carbonyl (C=O) groups is 1. The molecule has 0 amide bonds. The van der Waals surface area contributed by atoms with Crippen molar-refractivity contribution in [2.75, 3.05) is 5.32 Å². The maximum absolute atomic E-state index is 12.6. The average molecular weight is 329 g/mol. The Kier molecular flexibility index (Phi) is 4.95. The lowest BCUT2D eigenvalue weighted by molar-refractivity contribution is 0.104. The van der Waals surface area contributed by atoms with Crippen LogP contribution >= 0.6 is 0 Å². The van der Waals surface area contributed by atoms with Crippen LogP contribution in [0.25, 0.3) is 5.70 Å². The monoisotopic (exact) mass is 329 g/mol. The van der Waals surface area contributed by atoms with Crippen molar-refractivity contribution in [3.63, 3.8) is 0 Å². The van der Waals surface area contributed by atoms with Gasteiger partial charge in [0.25, 0.3) is 0 Å². The minimum Gasteiger partial charge on any atom is -0.506 e. The first-order valence-electron chi connectivity index (χ1n) is 8.06. The Hall–Kier alpha value is -3.33. The molecule has 0 aliphatic rings. The van der Waals surface area contributed by atoms with Gasteiger partial charge in [-0.15, -0.1) is 0 Å². The van der Waals surface area contributed by atoms with Crippen molar-refractivity contribution in [2.24, 2.45) is 0 Å². The molecule has 0 fully saturated rings. The van der Waals surface area contributed by atoms with Gasteiger partial charge in [-0.25, -0.2) is 0 Å². The molecule has 0 radical (unpaired) electrons. The number of allylic oxidation sites excluding steroid dienone is 1. The molecule has 0 aromatic heterocycles. The number of phenolic OH excluding ortho intramolecular Hbond substituents is 1. The van der Waals surface area contributed by atoms with Crippen LogP contribution in [-0.4, -0.2) is 10.9 Å². The number of hydrogen-bond acceptors (Lipinski definition) is 3. The van der Waals surface area contributed by atoms with Crippen molar-refractivity contribution in [1.29, 1.82) is 0 Å². The highest BCUT2D eigenvalue weighted by Crippen LogP contribution is 2.26. The lowest BCUT2D eigenvalue weighted by Crippen LogP contribution is -2.04. The predicted octanol–water partition coefficient (Wildman–Crippen LogP) is 5.04. The maximum atomic E-state index is 12.6. The lowest BCUT2D eigenvalue weighted by atomic mass is 10.0. The summed E-state index contributed by atoms with van der Waals surface area (Å²) in [6, 6.07) is 24.0. The molecule has 0 aliphatic carbocycles. The van der Waals surface area contributed by atoms with Gasteiger partial charge >= 0.3 is 0 Å². The van der Waals surface area contributed by atoms with E-state index in [4.69, 9.17) is 0 Å². The maximum Gasteiger partial charge on any atom is 0.187 e. The second-order valence-corrected chi connectivity index (χ2v) is 5.80. The van der Waals surface area contributed by atoms with E-state index in [1.807, 2.05) is 67.6 Å². The Morgan fingerprint density at radius 2 is 1.48 bits per heavy atom.